The molecule has 1 aliphatic heterocycles. The van der Waals surface area contributed by atoms with Gasteiger partial charge in [-0.2, -0.15) is 0 Å². The summed E-state index contributed by atoms with van der Waals surface area (Å²) in [5.41, 5.74) is 1.27. The predicted molar refractivity (Wildman–Crippen MR) is 73.6 cm³/mol. The van der Waals surface area contributed by atoms with Crippen molar-refractivity contribution >= 4 is 11.3 Å². The first kappa shape index (κ1) is 13.0. The highest BCUT2D eigenvalue weighted by Crippen LogP contribution is 2.29. The second-order valence-electron chi connectivity index (χ2n) is 5.21. The molecule has 4 heteroatoms. The van der Waals surface area contributed by atoms with Gasteiger partial charge in [-0.3, -0.25) is 4.90 Å². The highest BCUT2D eigenvalue weighted by atomic mass is 32.1. The van der Waals surface area contributed by atoms with E-state index in [0.717, 1.165) is 13.1 Å². The maximum absolute atomic E-state index is 4.70. The lowest BCUT2D eigenvalue weighted by Crippen LogP contribution is -2.54. The first-order chi connectivity index (χ1) is 7.99. The van der Waals surface area contributed by atoms with Crippen molar-refractivity contribution in [3.8, 4) is 0 Å². The molecule has 3 nitrogen and oxygen atoms in total. The highest BCUT2D eigenvalue weighted by Gasteiger charge is 2.29. The summed E-state index contributed by atoms with van der Waals surface area (Å²) in [5, 5.41) is 4.71. The molecule has 2 heterocycles. The molecule has 3 unspecified atom stereocenters. The van der Waals surface area contributed by atoms with Crippen LogP contribution in [-0.4, -0.2) is 35.1 Å². The zero-order chi connectivity index (χ0) is 12.6. The second kappa shape index (κ2) is 5.04. The Bertz CT molecular complexity index is 388. The van der Waals surface area contributed by atoms with Gasteiger partial charge in [-0.25, -0.2) is 4.98 Å². The van der Waals surface area contributed by atoms with Crippen molar-refractivity contribution < 1.29 is 0 Å². The molecule has 0 saturated carbocycles. The zero-order valence-corrected chi connectivity index (χ0v) is 12.3. The van der Waals surface area contributed by atoms with E-state index in [4.69, 9.17) is 4.98 Å². The average Bonchev–Trinajstić information content (AvgIpc) is 2.60. The lowest BCUT2D eigenvalue weighted by molar-refractivity contribution is 0.101. The Morgan fingerprint density at radius 1 is 1.41 bits per heavy atom. The fourth-order valence-electron chi connectivity index (χ4n) is 2.68. The Kier molecular flexibility index (Phi) is 3.85. The van der Waals surface area contributed by atoms with Crippen LogP contribution in [0.5, 0.6) is 0 Å². The van der Waals surface area contributed by atoms with E-state index in [9.17, 15) is 0 Å². The summed E-state index contributed by atoms with van der Waals surface area (Å²) in [7, 11) is 0. The van der Waals surface area contributed by atoms with Crippen molar-refractivity contribution in [3.63, 3.8) is 0 Å². The molecule has 0 bridgehead atoms. The minimum Gasteiger partial charge on any atom is -0.311 e. The van der Waals surface area contributed by atoms with Gasteiger partial charge < -0.3 is 5.32 Å². The maximum atomic E-state index is 4.70. The number of rotatable bonds is 2. The van der Waals surface area contributed by atoms with Gasteiger partial charge in [-0.05, 0) is 34.6 Å². The number of hydrogen-bond donors (Lipinski definition) is 1. The van der Waals surface area contributed by atoms with Crippen LogP contribution in [0.4, 0.5) is 0 Å². The SMILES string of the molecule is Cc1nc(C(C)N2CC(C)NCC2C)c(C)s1. The largest absolute Gasteiger partial charge is 0.311 e. The van der Waals surface area contributed by atoms with E-state index in [1.54, 1.807) is 0 Å². The van der Waals surface area contributed by atoms with E-state index < -0.39 is 0 Å². The first-order valence-corrected chi connectivity index (χ1v) is 7.23. The zero-order valence-electron chi connectivity index (χ0n) is 11.4. The molecule has 96 valence electrons. The summed E-state index contributed by atoms with van der Waals surface area (Å²) >= 11 is 1.81. The second-order valence-corrected chi connectivity index (χ2v) is 6.61. The van der Waals surface area contributed by atoms with Gasteiger partial charge >= 0.3 is 0 Å². The van der Waals surface area contributed by atoms with E-state index in [-0.39, 0.29) is 0 Å². The minimum absolute atomic E-state index is 0.430. The molecule has 2 rings (SSSR count). The topological polar surface area (TPSA) is 28.2 Å². The molecule has 1 aromatic heterocycles. The third-order valence-electron chi connectivity index (χ3n) is 3.65. The van der Waals surface area contributed by atoms with Gasteiger partial charge in [0.05, 0.1) is 16.7 Å². The normalized spacial score (nSPS) is 28.3. The van der Waals surface area contributed by atoms with Gasteiger partial charge in [0.2, 0.25) is 0 Å². The van der Waals surface area contributed by atoms with Crippen LogP contribution < -0.4 is 5.32 Å². The van der Waals surface area contributed by atoms with Gasteiger partial charge in [0.15, 0.2) is 0 Å². The number of nitrogens with zero attached hydrogens (tertiary/aromatic N) is 2. The number of thiazole rings is 1. The van der Waals surface area contributed by atoms with Crippen LogP contribution in [0, 0.1) is 13.8 Å². The molecule has 1 aliphatic rings. The molecule has 0 aliphatic carbocycles. The van der Waals surface area contributed by atoms with Gasteiger partial charge in [0, 0.05) is 30.1 Å². The summed E-state index contributed by atoms with van der Waals surface area (Å²) in [6, 6.07) is 1.59. The van der Waals surface area contributed by atoms with E-state index in [2.05, 4.69) is 44.8 Å². The van der Waals surface area contributed by atoms with Crippen molar-refractivity contribution in [2.45, 2.75) is 52.7 Å². The summed E-state index contributed by atoms with van der Waals surface area (Å²) in [5.74, 6) is 0. The number of aromatic nitrogens is 1. The molecule has 3 atom stereocenters. The Balaban J connectivity index is 2.18. The molecule has 0 spiro atoms. The fraction of sp³-hybridized carbons (Fsp3) is 0.769. The first-order valence-electron chi connectivity index (χ1n) is 6.42. The summed E-state index contributed by atoms with van der Waals surface area (Å²) < 4.78 is 0. The third-order valence-corrected chi connectivity index (χ3v) is 4.55. The summed E-state index contributed by atoms with van der Waals surface area (Å²) in [6.07, 6.45) is 0. The van der Waals surface area contributed by atoms with Gasteiger partial charge in [0.25, 0.3) is 0 Å². The molecule has 1 N–H and O–H groups in total. The molecule has 0 radical (unpaired) electrons. The lowest BCUT2D eigenvalue weighted by Gasteiger charge is -2.41. The summed E-state index contributed by atoms with van der Waals surface area (Å²) in [4.78, 5) is 8.64. The molecule has 1 saturated heterocycles. The van der Waals surface area contributed by atoms with Crippen LogP contribution >= 0.6 is 11.3 Å². The summed E-state index contributed by atoms with van der Waals surface area (Å²) in [6.45, 7) is 13.3. The molecule has 1 aromatic rings. The molecule has 0 aromatic carbocycles. The quantitative estimate of drug-likeness (QED) is 0.878. The number of hydrogen-bond acceptors (Lipinski definition) is 4. The Morgan fingerprint density at radius 3 is 2.71 bits per heavy atom. The predicted octanol–water partition coefficient (Wildman–Crippen LogP) is 2.50. The van der Waals surface area contributed by atoms with Crippen LogP contribution in [0.1, 0.15) is 42.4 Å². The minimum atomic E-state index is 0.430. The molecular weight excluding hydrogens is 230 g/mol. The third kappa shape index (κ3) is 2.69. The van der Waals surface area contributed by atoms with E-state index in [1.165, 1.54) is 15.6 Å². The van der Waals surface area contributed by atoms with E-state index in [0.29, 0.717) is 18.1 Å². The Labute approximate surface area is 108 Å². The van der Waals surface area contributed by atoms with Gasteiger partial charge in [-0.15, -0.1) is 11.3 Å². The highest BCUT2D eigenvalue weighted by molar-refractivity contribution is 7.11. The van der Waals surface area contributed by atoms with Gasteiger partial charge in [-0.1, -0.05) is 0 Å². The standard InChI is InChI=1S/C13H23N3S/c1-8-7-16(9(2)6-14-8)10(3)13-11(4)17-12(5)15-13/h8-10,14H,6-7H2,1-5H3. The Hall–Kier alpha value is -0.450. The van der Waals surface area contributed by atoms with Crippen LogP contribution in [0.25, 0.3) is 0 Å². The van der Waals surface area contributed by atoms with Crippen molar-refractivity contribution in [2.24, 2.45) is 0 Å². The van der Waals surface area contributed by atoms with Crippen molar-refractivity contribution in [1.29, 1.82) is 0 Å². The van der Waals surface area contributed by atoms with Crippen LogP contribution in [-0.2, 0) is 0 Å². The molecule has 1 fully saturated rings. The molecule has 0 amide bonds. The van der Waals surface area contributed by atoms with Crippen molar-refractivity contribution in [2.75, 3.05) is 13.1 Å². The number of piperazine rings is 1. The fourth-order valence-corrected chi connectivity index (χ4v) is 3.59. The van der Waals surface area contributed by atoms with E-state index >= 15 is 0 Å². The Morgan fingerprint density at radius 2 is 2.12 bits per heavy atom. The van der Waals surface area contributed by atoms with E-state index in [1.807, 2.05) is 11.3 Å². The number of aryl methyl sites for hydroxylation is 2. The monoisotopic (exact) mass is 253 g/mol. The average molecular weight is 253 g/mol. The van der Waals surface area contributed by atoms with Crippen LogP contribution in [0.3, 0.4) is 0 Å². The molecular formula is C13H23N3S. The number of nitrogens with one attached hydrogen (secondary N) is 1. The van der Waals surface area contributed by atoms with Crippen molar-refractivity contribution in [3.05, 3.63) is 15.6 Å². The smallest absolute Gasteiger partial charge is 0.0900 e. The van der Waals surface area contributed by atoms with Crippen molar-refractivity contribution in [1.82, 2.24) is 15.2 Å². The van der Waals surface area contributed by atoms with Crippen LogP contribution in [0.15, 0.2) is 0 Å². The molecule has 17 heavy (non-hydrogen) atoms. The van der Waals surface area contributed by atoms with Crippen LogP contribution in [0.2, 0.25) is 0 Å². The maximum Gasteiger partial charge on any atom is 0.0900 e. The lowest BCUT2D eigenvalue weighted by atomic mass is 10.1. The van der Waals surface area contributed by atoms with Gasteiger partial charge in [0.1, 0.15) is 0 Å².